The van der Waals surface area contributed by atoms with E-state index in [1.807, 2.05) is 0 Å². The second-order valence-electron chi connectivity index (χ2n) is 2.24. The summed E-state index contributed by atoms with van der Waals surface area (Å²) in [5.41, 5.74) is 0.915. The molecule has 0 saturated heterocycles. The van der Waals surface area contributed by atoms with Crippen LogP contribution in [0.5, 0.6) is 0 Å². The van der Waals surface area contributed by atoms with E-state index in [0.717, 1.165) is 0 Å². The Hall–Kier alpha value is -0.0200. The fourth-order valence-corrected chi connectivity index (χ4v) is 1.41. The molecule has 1 heterocycles. The zero-order chi connectivity index (χ0) is 9.30. The molecule has 0 unspecified atom stereocenters. The predicted octanol–water partition coefficient (Wildman–Crippen LogP) is 2.84. The van der Waals surface area contributed by atoms with Gasteiger partial charge in [-0.15, -0.1) is 0 Å². The summed E-state index contributed by atoms with van der Waals surface area (Å²) < 4.78 is 0. The van der Waals surface area contributed by atoms with Gasteiger partial charge in [0.05, 0.1) is 33.1 Å². The maximum Gasteiger partial charge on any atom is 0.0868 e. The van der Waals surface area contributed by atoms with Crippen LogP contribution in [0.3, 0.4) is 0 Å². The molecule has 5 heteroatoms. The molecule has 0 aliphatic heterocycles. The van der Waals surface area contributed by atoms with E-state index in [-0.39, 0.29) is 16.7 Å². The first-order chi connectivity index (χ1) is 5.57. The maximum atomic E-state index is 8.81. The maximum absolute atomic E-state index is 8.81. The molecule has 1 rings (SSSR count). The molecule has 0 aliphatic carbocycles. The normalized spacial score (nSPS) is 10.4. The highest BCUT2D eigenvalue weighted by Crippen LogP contribution is 2.33. The Kier molecular flexibility index (Phi) is 3.18. The van der Waals surface area contributed by atoms with Gasteiger partial charge in [0.1, 0.15) is 0 Å². The summed E-state index contributed by atoms with van der Waals surface area (Å²) in [6.07, 6.45) is 0. The first-order valence-corrected chi connectivity index (χ1v) is 4.32. The van der Waals surface area contributed by atoms with Gasteiger partial charge in [0.15, 0.2) is 0 Å². The van der Waals surface area contributed by atoms with Crippen LogP contribution in [0.15, 0.2) is 0 Å². The summed E-state index contributed by atoms with van der Waals surface area (Å²) in [6.45, 7) is 1.46. The molecule has 0 amide bonds. The van der Waals surface area contributed by atoms with Crippen molar-refractivity contribution in [2.75, 3.05) is 0 Å². The Balaban J connectivity index is 3.39. The van der Waals surface area contributed by atoms with Gasteiger partial charge in [0, 0.05) is 0 Å². The van der Waals surface area contributed by atoms with Crippen molar-refractivity contribution in [3.05, 3.63) is 26.5 Å². The number of halogens is 3. The van der Waals surface area contributed by atoms with Gasteiger partial charge < -0.3 is 5.11 Å². The molecule has 0 fully saturated rings. The van der Waals surface area contributed by atoms with Crippen LogP contribution in [0, 0.1) is 6.92 Å². The lowest BCUT2D eigenvalue weighted by atomic mass is 10.3. The second kappa shape index (κ2) is 3.79. The van der Waals surface area contributed by atoms with Crippen LogP contribution in [-0.4, -0.2) is 10.1 Å². The van der Waals surface area contributed by atoms with Crippen LogP contribution in [-0.2, 0) is 6.61 Å². The van der Waals surface area contributed by atoms with Crippen molar-refractivity contribution in [2.45, 2.75) is 13.5 Å². The molecule has 12 heavy (non-hydrogen) atoms. The van der Waals surface area contributed by atoms with Gasteiger partial charge in [-0.05, 0) is 6.92 Å². The highest BCUT2D eigenvalue weighted by molar-refractivity contribution is 6.48. The molecule has 0 aliphatic rings. The lowest BCUT2D eigenvalue weighted by molar-refractivity contribution is 0.277. The highest BCUT2D eigenvalue weighted by Gasteiger charge is 2.12. The van der Waals surface area contributed by atoms with E-state index in [1.165, 1.54) is 0 Å². The standard InChI is InChI=1S/C7H6Cl3NO/c1-3-5(8)7(10)6(9)4(2-12)11-3/h12H,2H2,1H3. The van der Waals surface area contributed by atoms with Crippen molar-refractivity contribution in [3.63, 3.8) is 0 Å². The molecule has 1 N–H and O–H groups in total. The monoisotopic (exact) mass is 225 g/mol. The summed E-state index contributed by atoms with van der Waals surface area (Å²) in [5.74, 6) is 0. The second-order valence-corrected chi connectivity index (χ2v) is 3.38. The molecule has 66 valence electrons. The van der Waals surface area contributed by atoms with E-state index in [0.29, 0.717) is 16.4 Å². The van der Waals surface area contributed by atoms with Crippen molar-refractivity contribution in [1.82, 2.24) is 4.98 Å². The molecule has 1 aromatic heterocycles. The van der Waals surface area contributed by atoms with Gasteiger partial charge in [-0.1, -0.05) is 34.8 Å². The van der Waals surface area contributed by atoms with Crippen LogP contribution in [0.1, 0.15) is 11.4 Å². The van der Waals surface area contributed by atoms with Gasteiger partial charge in [-0.25, -0.2) is 0 Å². The Morgan fingerprint density at radius 1 is 1.17 bits per heavy atom. The van der Waals surface area contributed by atoms with Crippen LogP contribution < -0.4 is 0 Å². The molecule has 0 spiro atoms. The van der Waals surface area contributed by atoms with Gasteiger partial charge in [0.2, 0.25) is 0 Å². The van der Waals surface area contributed by atoms with E-state index in [4.69, 9.17) is 39.9 Å². The lowest BCUT2D eigenvalue weighted by Gasteiger charge is -2.06. The summed E-state index contributed by atoms with van der Waals surface area (Å²) in [5, 5.41) is 9.60. The molecular weight excluding hydrogens is 220 g/mol. The van der Waals surface area contributed by atoms with Crippen molar-refractivity contribution in [3.8, 4) is 0 Å². The summed E-state index contributed by atoms with van der Waals surface area (Å²) in [7, 11) is 0. The number of rotatable bonds is 1. The molecule has 0 atom stereocenters. The molecule has 0 radical (unpaired) electrons. The number of hydrogen-bond acceptors (Lipinski definition) is 2. The van der Waals surface area contributed by atoms with E-state index in [9.17, 15) is 0 Å². The largest absolute Gasteiger partial charge is 0.390 e. The number of aliphatic hydroxyl groups is 1. The highest BCUT2D eigenvalue weighted by atomic mass is 35.5. The number of nitrogens with zero attached hydrogens (tertiary/aromatic N) is 1. The quantitative estimate of drug-likeness (QED) is 0.799. The average Bonchev–Trinajstić information content (AvgIpc) is 2.08. The summed E-state index contributed by atoms with van der Waals surface area (Å²) >= 11 is 17.2. The van der Waals surface area contributed by atoms with E-state index in [1.54, 1.807) is 6.92 Å². The fourth-order valence-electron chi connectivity index (χ4n) is 0.787. The topological polar surface area (TPSA) is 33.1 Å². The van der Waals surface area contributed by atoms with Crippen LogP contribution in [0.4, 0.5) is 0 Å². The number of hydrogen-bond donors (Lipinski definition) is 1. The molecule has 2 nitrogen and oxygen atoms in total. The summed E-state index contributed by atoms with van der Waals surface area (Å²) in [4.78, 5) is 3.95. The molecular formula is C7H6Cl3NO. The van der Waals surface area contributed by atoms with Crippen molar-refractivity contribution in [2.24, 2.45) is 0 Å². The van der Waals surface area contributed by atoms with Gasteiger partial charge in [-0.2, -0.15) is 0 Å². The number of aliphatic hydroxyl groups excluding tert-OH is 1. The van der Waals surface area contributed by atoms with Crippen molar-refractivity contribution < 1.29 is 5.11 Å². The van der Waals surface area contributed by atoms with Crippen LogP contribution in [0.2, 0.25) is 15.1 Å². The summed E-state index contributed by atoms with van der Waals surface area (Å²) in [6, 6.07) is 0. The van der Waals surface area contributed by atoms with Gasteiger partial charge >= 0.3 is 0 Å². The number of pyridine rings is 1. The van der Waals surface area contributed by atoms with E-state index < -0.39 is 0 Å². The SMILES string of the molecule is Cc1nc(CO)c(Cl)c(Cl)c1Cl. The van der Waals surface area contributed by atoms with E-state index in [2.05, 4.69) is 4.98 Å². The molecule has 0 aromatic carbocycles. The fraction of sp³-hybridized carbons (Fsp3) is 0.286. The Morgan fingerprint density at radius 2 is 1.75 bits per heavy atom. The molecule has 0 bridgehead atoms. The predicted molar refractivity (Wildman–Crippen MR) is 49.9 cm³/mol. The van der Waals surface area contributed by atoms with E-state index >= 15 is 0 Å². The smallest absolute Gasteiger partial charge is 0.0868 e. The zero-order valence-electron chi connectivity index (χ0n) is 6.24. The molecule has 1 aromatic rings. The van der Waals surface area contributed by atoms with Gasteiger partial charge in [0.25, 0.3) is 0 Å². The first kappa shape index (κ1) is 10.1. The third-order valence-corrected chi connectivity index (χ3v) is 2.85. The first-order valence-electron chi connectivity index (χ1n) is 3.18. The number of aromatic nitrogens is 1. The number of aryl methyl sites for hydroxylation is 1. The van der Waals surface area contributed by atoms with Gasteiger partial charge in [-0.3, -0.25) is 4.98 Å². The van der Waals surface area contributed by atoms with Crippen molar-refractivity contribution >= 4 is 34.8 Å². The third-order valence-electron chi connectivity index (χ3n) is 1.41. The van der Waals surface area contributed by atoms with Crippen LogP contribution >= 0.6 is 34.8 Å². The zero-order valence-corrected chi connectivity index (χ0v) is 8.50. The molecule has 0 saturated carbocycles. The minimum absolute atomic E-state index is 0.217. The Labute approximate surface area is 85.1 Å². The van der Waals surface area contributed by atoms with Crippen molar-refractivity contribution in [1.29, 1.82) is 0 Å². The third kappa shape index (κ3) is 1.67. The Bertz CT molecular complexity index is 314. The minimum atomic E-state index is -0.240. The average molecular weight is 226 g/mol. The van der Waals surface area contributed by atoms with Crippen LogP contribution in [0.25, 0.3) is 0 Å². The minimum Gasteiger partial charge on any atom is -0.390 e. The Morgan fingerprint density at radius 3 is 2.25 bits per heavy atom. The lowest BCUT2D eigenvalue weighted by Crippen LogP contribution is -1.95.